The van der Waals surface area contributed by atoms with E-state index in [2.05, 4.69) is 0 Å². The van der Waals surface area contributed by atoms with Gasteiger partial charge in [0, 0.05) is 25.1 Å². The highest BCUT2D eigenvalue weighted by atomic mass is 16.5. The Morgan fingerprint density at radius 1 is 1.22 bits per heavy atom. The summed E-state index contributed by atoms with van der Waals surface area (Å²) in [6.45, 7) is 4.00. The minimum absolute atomic E-state index is 0.0504. The largest absolute Gasteiger partial charge is 0.490 e. The third-order valence-electron chi connectivity index (χ3n) is 4.50. The van der Waals surface area contributed by atoms with Crippen LogP contribution in [0.25, 0.3) is 0 Å². The molecule has 2 atom stereocenters. The van der Waals surface area contributed by atoms with Gasteiger partial charge in [-0.15, -0.1) is 0 Å². The second-order valence-corrected chi connectivity index (χ2v) is 6.17. The molecule has 3 rings (SSSR count). The van der Waals surface area contributed by atoms with Crippen molar-refractivity contribution in [2.75, 3.05) is 26.3 Å². The minimum atomic E-state index is -0.778. The van der Waals surface area contributed by atoms with E-state index in [-0.39, 0.29) is 17.7 Å². The van der Waals surface area contributed by atoms with Crippen LogP contribution in [0.5, 0.6) is 11.5 Å². The van der Waals surface area contributed by atoms with Gasteiger partial charge in [-0.3, -0.25) is 9.59 Å². The molecule has 0 aromatic heterocycles. The third kappa shape index (κ3) is 3.25. The molecule has 1 fully saturated rings. The van der Waals surface area contributed by atoms with Crippen molar-refractivity contribution < 1.29 is 24.2 Å². The molecule has 1 aromatic carbocycles. The lowest BCUT2D eigenvalue weighted by Crippen LogP contribution is -2.45. The molecule has 1 N–H and O–H groups in total. The molecule has 2 unspecified atom stereocenters. The lowest BCUT2D eigenvalue weighted by Gasteiger charge is -2.35. The summed E-state index contributed by atoms with van der Waals surface area (Å²) in [6.07, 6.45) is 1.31. The minimum Gasteiger partial charge on any atom is -0.490 e. The molecule has 2 heterocycles. The number of fused-ring (bicyclic) bond motifs is 1. The predicted molar refractivity (Wildman–Crippen MR) is 82.9 cm³/mol. The maximum Gasteiger partial charge on any atom is 0.306 e. The molecule has 1 saturated heterocycles. The first-order valence-electron chi connectivity index (χ1n) is 7.98. The number of amides is 1. The molecule has 0 aliphatic carbocycles. The van der Waals surface area contributed by atoms with Gasteiger partial charge in [-0.25, -0.2) is 0 Å². The van der Waals surface area contributed by atoms with Gasteiger partial charge in [-0.05, 0) is 30.5 Å². The SMILES string of the molecule is CC1CN(C(=O)c2ccc3c(c2)OCCCO3)CCC1C(=O)O. The first kappa shape index (κ1) is 15.6. The molecule has 0 spiro atoms. The summed E-state index contributed by atoms with van der Waals surface area (Å²) in [5.74, 6) is -0.0243. The van der Waals surface area contributed by atoms with Gasteiger partial charge in [0.2, 0.25) is 0 Å². The summed E-state index contributed by atoms with van der Waals surface area (Å²) in [5.41, 5.74) is 0.551. The van der Waals surface area contributed by atoms with Crippen LogP contribution in [0.3, 0.4) is 0 Å². The smallest absolute Gasteiger partial charge is 0.306 e. The van der Waals surface area contributed by atoms with Gasteiger partial charge in [0.1, 0.15) is 0 Å². The monoisotopic (exact) mass is 319 g/mol. The summed E-state index contributed by atoms with van der Waals surface area (Å²) < 4.78 is 11.2. The van der Waals surface area contributed by atoms with Crippen LogP contribution in [0.4, 0.5) is 0 Å². The van der Waals surface area contributed by atoms with E-state index in [0.29, 0.717) is 49.8 Å². The highest BCUT2D eigenvalue weighted by Crippen LogP contribution is 2.31. The average molecular weight is 319 g/mol. The molecular weight excluding hydrogens is 298 g/mol. The van der Waals surface area contributed by atoms with E-state index in [1.807, 2.05) is 6.92 Å². The Morgan fingerprint density at radius 2 is 1.96 bits per heavy atom. The average Bonchev–Trinajstić information content (AvgIpc) is 2.78. The van der Waals surface area contributed by atoms with Gasteiger partial charge < -0.3 is 19.5 Å². The first-order valence-corrected chi connectivity index (χ1v) is 7.98. The number of benzene rings is 1. The topological polar surface area (TPSA) is 76.1 Å². The van der Waals surface area contributed by atoms with Gasteiger partial charge >= 0.3 is 5.97 Å². The number of carboxylic acid groups (broad SMARTS) is 1. The number of nitrogens with zero attached hydrogens (tertiary/aromatic N) is 1. The number of hydrogen-bond acceptors (Lipinski definition) is 4. The zero-order valence-corrected chi connectivity index (χ0v) is 13.2. The summed E-state index contributed by atoms with van der Waals surface area (Å²) in [5, 5.41) is 9.18. The van der Waals surface area contributed by atoms with E-state index in [0.717, 1.165) is 6.42 Å². The Morgan fingerprint density at radius 3 is 2.65 bits per heavy atom. The number of ether oxygens (including phenoxy) is 2. The van der Waals surface area contributed by atoms with E-state index in [1.54, 1.807) is 23.1 Å². The molecule has 1 amide bonds. The molecule has 23 heavy (non-hydrogen) atoms. The van der Waals surface area contributed by atoms with E-state index in [4.69, 9.17) is 9.47 Å². The van der Waals surface area contributed by atoms with Gasteiger partial charge in [-0.1, -0.05) is 6.92 Å². The summed E-state index contributed by atoms with van der Waals surface area (Å²) in [4.78, 5) is 25.6. The lowest BCUT2D eigenvalue weighted by molar-refractivity contribution is -0.145. The molecule has 2 aliphatic heterocycles. The zero-order valence-electron chi connectivity index (χ0n) is 13.2. The normalized spacial score (nSPS) is 24.0. The molecule has 6 heteroatoms. The van der Waals surface area contributed by atoms with E-state index in [1.165, 1.54) is 0 Å². The van der Waals surface area contributed by atoms with Gasteiger partial charge in [-0.2, -0.15) is 0 Å². The second-order valence-electron chi connectivity index (χ2n) is 6.17. The summed E-state index contributed by atoms with van der Waals surface area (Å²) in [6, 6.07) is 5.22. The first-order chi connectivity index (χ1) is 11.1. The number of piperidine rings is 1. The van der Waals surface area contributed by atoms with Crippen molar-refractivity contribution >= 4 is 11.9 Å². The molecule has 1 aromatic rings. The third-order valence-corrected chi connectivity index (χ3v) is 4.50. The van der Waals surface area contributed by atoms with Crippen molar-refractivity contribution in [2.45, 2.75) is 19.8 Å². The highest BCUT2D eigenvalue weighted by Gasteiger charge is 2.33. The zero-order chi connectivity index (χ0) is 16.4. The van der Waals surface area contributed by atoms with Crippen molar-refractivity contribution in [3.63, 3.8) is 0 Å². The quantitative estimate of drug-likeness (QED) is 0.902. The van der Waals surface area contributed by atoms with Crippen LogP contribution < -0.4 is 9.47 Å². The van der Waals surface area contributed by atoms with Crippen molar-refractivity contribution in [1.82, 2.24) is 4.90 Å². The Hall–Kier alpha value is -2.24. The van der Waals surface area contributed by atoms with Crippen molar-refractivity contribution in [2.24, 2.45) is 11.8 Å². The van der Waals surface area contributed by atoms with E-state index >= 15 is 0 Å². The number of carbonyl (C=O) groups excluding carboxylic acids is 1. The molecule has 0 radical (unpaired) electrons. The van der Waals surface area contributed by atoms with Crippen LogP contribution in [0.2, 0.25) is 0 Å². The predicted octanol–water partition coefficient (Wildman–Crippen LogP) is 2.03. The molecule has 124 valence electrons. The van der Waals surface area contributed by atoms with Crippen LogP contribution in [-0.2, 0) is 4.79 Å². The van der Waals surface area contributed by atoms with Gasteiger partial charge in [0.25, 0.3) is 5.91 Å². The number of rotatable bonds is 2. The number of aliphatic carboxylic acids is 1. The Balaban J connectivity index is 1.74. The van der Waals surface area contributed by atoms with Crippen LogP contribution in [0.1, 0.15) is 30.1 Å². The molecule has 0 bridgehead atoms. The van der Waals surface area contributed by atoms with Gasteiger partial charge in [0.15, 0.2) is 11.5 Å². The lowest BCUT2D eigenvalue weighted by atomic mass is 9.87. The Kier molecular flexibility index (Phi) is 4.41. The Bertz CT molecular complexity index is 615. The van der Waals surface area contributed by atoms with Crippen molar-refractivity contribution in [3.05, 3.63) is 23.8 Å². The number of carboxylic acids is 1. The molecule has 6 nitrogen and oxygen atoms in total. The summed E-state index contributed by atoms with van der Waals surface area (Å²) in [7, 11) is 0. The van der Waals surface area contributed by atoms with Crippen molar-refractivity contribution in [1.29, 1.82) is 0 Å². The number of likely N-dealkylation sites (tertiary alicyclic amines) is 1. The van der Waals surface area contributed by atoms with Crippen LogP contribution in [-0.4, -0.2) is 48.2 Å². The van der Waals surface area contributed by atoms with E-state index in [9.17, 15) is 14.7 Å². The van der Waals surface area contributed by atoms with Crippen LogP contribution in [0, 0.1) is 11.8 Å². The maximum atomic E-state index is 12.7. The fourth-order valence-electron chi connectivity index (χ4n) is 3.18. The fourth-order valence-corrected chi connectivity index (χ4v) is 3.18. The van der Waals surface area contributed by atoms with Gasteiger partial charge in [0.05, 0.1) is 19.1 Å². The molecule has 0 saturated carbocycles. The highest BCUT2D eigenvalue weighted by molar-refractivity contribution is 5.95. The second kappa shape index (κ2) is 6.48. The van der Waals surface area contributed by atoms with Crippen LogP contribution in [0.15, 0.2) is 18.2 Å². The maximum absolute atomic E-state index is 12.7. The Labute approximate surface area is 135 Å². The fraction of sp³-hybridized carbons (Fsp3) is 0.529. The van der Waals surface area contributed by atoms with Crippen molar-refractivity contribution in [3.8, 4) is 11.5 Å². The summed E-state index contributed by atoms with van der Waals surface area (Å²) >= 11 is 0. The standard InChI is InChI=1S/C17H21NO5/c1-11-10-18(6-5-13(11)17(20)21)16(19)12-3-4-14-15(9-12)23-8-2-7-22-14/h3-4,9,11,13H,2,5-8,10H2,1H3,(H,20,21). The molecular formula is C17H21NO5. The number of hydrogen-bond donors (Lipinski definition) is 1. The van der Waals surface area contributed by atoms with E-state index < -0.39 is 5.97 Å². The number of carbonyl (C=O) groups is 2. The molecule has 2 aliphatic rings. The van der Waals surface area contributed by atoms with Crippen LogP contribution >= 0.6 is 0 Å².